The second-order valence-electron chi connectivity index (χ2n) is 3.42. The molecule has 1 atom stereocenters. The smallest absolute Gasteiger partial charge is 0.151 e. The van der Waals surface area contributed by atoms with E-state index >= 15 is 0 Å². The molecule has 0 spiro atoms. The highest BCUT2D eigenvalue weighted by atomic mass is 79.9. The molecule has 4 heteroatoms. The van der Waals surface area contributed by atoms with Gasteiger partial charge in [0.05, 0.1) is 22.5 Å². The van der Waals surface area contributed by atoms with Crippen LogP contribution in [0.15, 0.2) is 22.9 Å². The molecule has 3 nitrogen and oxygen atoms in total. The summed E-state index contributed by atoms with van der Waals surface area (Å²) in [6.07, 6.45) is 3.16. The highest BCUT2D eigenvalue weighted by Gasteiger charge is 2.10. The van der Waals surface area contributed by atoms with Gasteiger partial charge < -0.3 is 9.51 Å². The quantitative estimate of drug-likeness (QED) is 0.849. The molecule has 1 unspecified atom stereocenters. The van der Waals surface area contributed by atoms with Gasteiger partial charge in [-0.1, -0.05) is 0 Å². The molecular weight excluding hydrogens is 244 g/mol. The van der Waals surface area contributed by atoms with E-state index in [1.165, 1.54) is 0 Å². The fraction of sp³-hybridized carbons (Fsp3) is 0.300. The Kier molecular flexibility index (Phi) is 2.33. The molecule has 0 aliphatic heterocycles. The van der Waals surface area contributed by atoms with Crippen LogP contribution in [0, 0.1) is 6.92 Å². The molecule has 0 saturated carbocycles. The number of aliphatic hydroxyl groups is 1. The van der Waals surface area contributed by atoms with Crippen molar-refractivity contribution in [2.45, 2.75) is 20.0 Å². The lowest BCUT2D eigenvalue weighted by molar-refractivity contribution is 0.193. The summed E-state index contributed by atoms with van der Waals surface area (Å²) in [4.78, 5) is 4.24. The number of rotatable bonds is 1. The Morgan fingerprint density at radius 3 is 2.93 bits per heavy atom. The van der Waals surface area contributed by atoms with Gasteiger partial charge in [-0.15, -0.1) is 0 Å². The van der Waals surface area contributed by atoms with E-state index in [1.54, 1.807) is 13.1 Å². The molecule has 14 heavy (non-hydrogen) atoms. The summed E-state index contributed by atoms with van der Waals surface area (Å²) in [7, 11) is 0. The molecule has 2 rings (SSSR count). The minimum atomic E-state index is -0.501. The maximum Gasteiger partial charge on any atom is 0.151 e. The monoisotopic (exact) mass is 254 g/mol. The number of imidazole rings is 1. The predicted octanol–water partition coefficient (Wildman–Crippen LogP) is 2.46. The minimum absolute atomic E-state index is 0.501. The topological polar surface area (TPSA) is 37.5 Å². The Balaban J connectivity index is 2.78. The normalized spacial score (nSPS) is 13.4. The van der Waals surface area contributed by atoms with Crippen molar-refractivity contribution in [2.24, 2.45) is 0 Å². The van der Waals surface area contributed by atoms with Gasteiger partial charge in [0.1, 0.15) is 0 Å². The molecule has 2 aromatic heterocycles. The third-order valence-corrected chi connectivity index (χ3v) is 2.74. The molecule has 0 aliphatic rings. The predicted molar refractivity (Wildman–Crippen MR) is 58.3 cm³/mol. The Labute approximate surface area is 90.5 Å². The molecule has 0 fully saturated rings. The summed E-state index contributed by atoms with van der Waals surface area (Å²) in [6.45, 7) is 3.75. The second kappa shape index (κ2) is 3.37. The van der Waals surface area contributed by atoms with Crippen LogP contribution in [0.2, 0.25) is 0 Å². The first kappa shape index (κ1) is 9.68. The van der Waals surface area contributed by atoms with Gasteiger partial charge in [-0.25, -0.2) is 4.98 Å². The van der Waals surface area contributed by atoms with Gasteiger partial charge in [0, 0.05) is 6.20 Å². The number of halogens is 1. The third kappa shape index (κ3) is 1.44. The van der Waals surface area contributed by atoms with E-state index in [-0.39, 0.29) is 0 Å². The first-order chi connectivity index (χ1) is 6.59. The molecular formula is C10H11BrN2O. The first-order valence-corrected chi connectivity index (χ1v) is 5.20. The summed E-state index contributed by atoms with van der Waals surface area (Å²) >= 11 is 3.45. The van der Waals surface area contributed by atoms with Gasteiger partial charge in [0.2, 0.25) is 0 Å². The van der Waals surface area contributed by atoms with Crippen LogP contribution in [0.1, 0.15) is 24.3 Å². The van der Waals surface area contributed by atoms with Crippen molar-refractivity contribution in [1.29, 1.82) is 0 Å². The highest BCUT2D eigenvalue weighted by molar-refractivity contribution is 9.10. The van der Waals surface area contributed by atoms with E-state index < -0.39 is 6.10 Å². The summed E-state index contributed by atoms with van der Waals surface area (Å²) in [5, 5.41) is 9.52. The molecule has 2 aromatic rings. The maximum absolute atomic E-state index is 9.52. The third-order valence-electron chi connectivity index (χ3n) is 2.15. The lowest BCUT2D eigenvalue weighted by atomic mass is 10.3. The molecule has 74 valence electrons. The molecule has 1 N–H and O–H groups in total. The van der Waals surface area contributed by atoms with Crippen molar-refractivity contribution in [1.82, 2.24) is 9.38 Å². The number of hydrogen-bond acceptors (Lipinski definition) is 2. The van der Waals surface area contributed by atoms with Crippen molar-refractivity contribution >= 4 is 21.6 Å². The number of fused-ring (bicyclic) bond motifs is 1. The Morgan fingerprint density at radius 2 is 2.29 bits per heavy atom. The van der Waals surface area contributed by atoms with E-state index in [1.807, 2.05) is 23.6 Å². The van der Waals surface area contributed by atoms with Crippen molar-refractivity contribution < 1.29 is 5.11 Å². The Hall–Kier alpha value is -0.870. The molecule has 0 aliphatic carbocycles. The number of aromatic nitrogens is 2. The van der Waals surface area contributed by atoms with Crippen LogP contribution >= 0.6 is 15.9 Å². The molecule has 0 bridgehead atoms. The lowest BCUT2D eigenvalue weighted by Gasteiger charge is -2.05. The number of hydrogen-bond donors (Lipinski definition) is 1. The van der Waals surface area contributed by atoms with Crippen LogP contribution in [0.5, 0.6) is 0 Å². The molecule has 0 amide bonds. The van der Waals surface area contributed by atoms with Crippen LogP contribution in [0.4, 0.5) is 0 Å². The largest absolute Gasteiger partial charge is 0.387 e. The van der Waals surface area contributed by atoms with Gasteiger partial charge >= 0.3 is 0 Å². The van der Waals surface area contributed by atoms with E-state index in [4.69, 9.17) is 0 Å². The zero-order valence-electron chi connectivity index (χ0n) is 8.03. The Bertz CT molecular complexity index is 476. The first-order valence-electron chi connectivity index (χ1n) is 4.41. The molecule has 0 aromatic carbocycles. The fourth-order valence-electron chi connectivity index (χ4n) is 1.50. The number of nitrogens with zero attached hydrogens (tertiary/aromatic N) is 2. The zero-order valence-corrected chi connectivity index (χ0v) is 9.62. The average Bonchev–Trinajstić information content (AvgIpc) is 2.47. The van der Waals surface area contributed by atoms with E-state index in [9.17, 15) is 5.11 Å². The summed E-state index contributed by atoms with van der Waals surface area (Å²) in [5.74, 6) is 0. The molecule has 2 heterocycles. The SMILES string of the molecule is Cc1cc(Br)c2ncc(C(C)O)n2c1. The number of pyridine rings is 1. The summed E-state index contributed by atoms with van der Waals surface area (Å²) < 4.78 is 2.86. The fourth-order valence-corrected chi connectivity index (χ4v) is 2.16. The van der Waals surface area contributed by atoms with Gasteiger partial charge in [-0.3, -0.25) is 0 Å². The standard InChI is InChI=1S/C10H11BrN2O/c1-6-3-8(11)10-12-4-9(7(2)14)13(10)5-6/h3-5,7,14H,1-2H3. The summed E-state index contributed by atoms with van der Waals surface area (Å²) in [5.41, 5.74) is 2.78. The van der Waals surface area contributed by atoms with Crippen LogP contribution in [0.25, 0.3) is 5.65 Å². The molecule has 0 saturated heterocycles. The van der Waals surface area contributed by atoms with Crippen LogP contribution < -0.4 is 0 Å². The van der Waals surface area contributed by atoms with E-state index in [0.29, 0.717) is 0 Å². The average molecular weight is 255 g/mol. The van der Waals surface area contributed by atoms with E-state index in [0.717, 1.165) is 21.4 Å². The lowest BCUT2D eigenvalue weighted by Crippen LogP contribution is -1.97. The van der Waals surface area contributed by atoms with Crippen LogP contribution in [0.3, 0.4) is 0 Å². The zero-order chi connectivity index (χ0) is 10.3. The van der Waals surface area contributed by atoms with Crippen LogP contribution in [-0.2, 0) is 0 Å². The minimum Gasteiger partial charge on any atom is -0.387 e. The van der Waals surface area contributed by atoms with Crippen molar-refractivity contribution in [3.05, 3.63) is 34.2 Å². The number of aryl methyl sites for hydroxylation is 1. The van der Waals surface area contributed by atoms with Gasteiger partial charge in [-0.05, 0) is 41.4 Å². The van der Waals surface area contributed by atoms with Crippen molar-refractivity contribution in [3.63, 3.8) is 0 Å². The second-order valence-corrected chi connectivity index (χ2v) is 4.27. The van der Waals surface area contributed by atoms with Gasteiger partial charge in [0.15, 0.2) is 5.65 Å². The van der Waals surface area contributed by atoms with Gasteiger partial charge in [-0.2, -0.15) is 0 Å². The van der Waals surface area contributed by atoms with Crippen molar-refractivity contribution in [2.75, 3.05) is 0 Å². The van der Waals surface area contributed by atoms with Crippen molar-refractivity contribution in [3.8, 4) is 0 Å². The van der Waals surface area contributed by atoms with Crippen LogP contribution in [-0.4, -0.2) is 14.5 Å². The highest BCUT2D eigenvalue weighted by Crippen LogP contribution is 2.22. The Morgan fingerprint density at radius 1 is 1.57 bits per heavy atom. The maximum atomic E-state index is 9.52. The van der Waals surface area contributed by atoms with E-state index in [2.05, 4.69) is 20.9 Å². The molecule has 0 radical (unpaired) electrons. The van der Waals surface area contributed by atoms with Gasteiger partial charge in [0.25, 0.3) is 0 Å². The number of aliphatic hydroxyl groups excluding tert-OH is 1. The summed E-state index contributed by atoms with van der Waals surface area (Å²) in [6, 6.07) is 2.01.